The number of anilines is 3. The molecule has 4 aromatic rings. The van der Waals surface area contributed by atoms with Crippen molar-refractivity contribution in [3.8, 4) is 0 Å². The molecule has 0 fully saturated rings. The predicted molar refractivity (Wildman–Crippen MR) is 115 cm³/mol. The third kappa shape index (κ3) is 4.65. The molecule has 1 heterocycles. The summed E-state index contributed by atoms with van der Waals surface area (Å²) < 4.78 is 0. The zero-order chi connectivity index (χ0) is 19.9. The second-order valence-corrected chi connectivity index (χ2v) is 6.49. The van der Waals surface area contributed by atoms with Crippen LogP contribution in [-0.2, 0) is 6.54 Å². The van der Waals surface area contributed by atoms with E-state index < -0.39 is 0 Å². The van der Waals surface area contributed by atoms with Gasteiger partial charge in [0.2, 0.25) is 0 Å². The fraction of sp³-hybridized carbons (Fsp3) is 0.0417. The third-order valence-corrected chi connectivity index (χ3v) is 4.41. The Balaban J connectivity index is 1.57. The van der Waals surface area contributed by atoms with Crippen molar-refractivity contribution in [3.05, 3.63) is 115 Å². The number of hydrogen-bond donors (Lipinski definition) is 1. The second-order valence-electron chi connectivity index (χ2n) is 6.49. The van der Waals surface area contributed by atoms with Gasteiger partial charge in [0.25, 0.3) is 5.91 Å². The molecule has 1 aromatic heterocycles. The predicted octanol–water partition coefficient (Wildman–Crippen LogP) is 5.07. The lowest BCUT2D eigenvalue weighted by atomic mass is 10.2. The average Bonchev–Trinajstić information content (AvgIpc) is 2.79. The number of benzene rings is 3. The average molecular weight is 380 g/mol. The van der Waals surface area contributed by atoms with Gasteiger partial charge in [-0.15, -0.1) is 0 Å². The summed E-state index contributed by atoms with van der Waals surface area (Å²) >= 11 is 0. The number of aromatic nitrogens is 2. The standard InChI is InChI=1S/C24H20N4O/c29-24(22-16-26-23(17-25-22)27-20-12-6-2-7-13-20)28(21-14-8-3-9-15-21)18-19-10-4-1-5-11-19/h1-17H,18H2,(H,26,27). The van der Waals surface area contributed by atoms with Gasteiger partial charge >= 0.3 is 0 Å². The van der Waals surface area contributed by atoms with Crippen LogP contribution in [0.15, 0.2) is 103 Å². The molecule has 0 radical (unpaired) electrons. The minimum Gasteiger partial charge on any atom is -0.339 e. The normalized spacial score (nSPS) is 10.3. The lowest BCUT2D eigenvalue weighted by Crippen LogP contribution is -2.31. The molecule has 3 aromatic carbocycles. The van der Waals surface area contributed by atoms with Crippen molar-refractivity contribution in [1.29, 1.82) is 0 Å². The first-order valence-corrected chi connectivity index (χ1v) is 9.34. The molecule has 0 aliphatic heterocycles. The van der Waals surface area contributed by atoms with E-state index in [1.165, 1.54) is 6.20 Å². The molecule has 0 bridgehead atoms. The van der Waals surface area contributed by atoms with E-state index >= 15 is 0 Å². The van der Waals surface area contributed by atoms with Crippen LogP contribution in [-0.4, -0.2) is 15.9 Å². The quantitative estimate of drug-likeness (QED) is 0.507. The van der Waals surface area contributed by atoms with Crippen molar-refractivity contribution in [2.45, 2.75) is 6.54 Å². The first kappa shape index (κ1) is 18.4. The highest BCUT2D eigenvalue weighted by atomic mass is 16.2. The van der Waals surface area contributed by atoms with E-state index in [1.807, 2.05) is 91.0 Å². The van der Waals surface area contributed by atoms with Crippen LogP contribution in [0.4, 0.5) is 17.2 Å². The molecule has 29 heavy (non-hydrogen) atoms. The Morgan fingerprint density at radius 2 is 1.38 bits per heavy atom. The van der Waals surface area contributed by atoms with Crippen LogP contribution in [0, 0.1) is 0 Å². The van der Waals surface area contributed by atoms with Gasteiger partial charge in [0.05, 0.1) is 18.9 Å². The highest BCUT2D eigenvalue weighted by Gasteiger charge is 2.19. The van der Waals surface area contributed by atoms with Crippen molar-refractivity contribution >= 4 is 23.1 Å². The van der Waals surface area contributed by atoms with Gasteiger partial charge < -0.3 is 10.2 Å². The summed E-state index contributed by atoms with van der Waals surface area (Å²) in [6.45, 7) is 0.454. The van der Waals surface area contributed by atoms with Crippen LogP contribution < -0.4 is 10.2 Å². The number of rotatable bonds is 6. The molecule has 1 amide bonds. The molecule has 0 saturated heterocycles. The number of carbonyl (C=O) groups excluding carboxylic acids is 1. The van der Waals surface area contributed by atoms with E-state index in [9.17, 15) is 4.79 Å². The summed E-state index contributed by atoms with van der Waals surface area (Å²) in [5.74, 6) is 0.390. The number of para-hydroxylation sites is 2. The van der Waals surface area contributed by atoms with E-state index in [-0.39, 0.29) is 5.91 Å². The molecule has 5 nitrogen and oxygen atoms in total. The van der Waals surface area contributed by atoms with E-state index in [0.717, 1.165) is 16.9 Å². The Bertz CT molecular complexity index is 1050. The zero-order valence-corrected chi connectivity index (χ0v) is 15.8. The SMILES string of the molecule is O=C(c1cnc(Nc2ccccc2)cn1)N(Cc1ccccc1)c1ccccc1. The lowest BCUT2D eigenvalue weighted by Gasteiger charge is -2.22. The van der Waals surface area contributed by atoms with Crippen LogP contribution in [0.3, 0.4) is 0 Å². The van der Waals surface area contributed by atoms with Crippen molar-refractivity contribution in [1.82, 2.24) is 9.97 Å². The van der Waals surface area contributed by atoms with Gasteiger partial charge in [0.1, 0.15) is 11.5 Å². The van der Waals surface area contributed by atoms with Crippen LogP contribution in [0.2, 0.25) is 0 Å². The monoisotopic (exact) mass is 380 g/mol. The summed E-state index contributed by atoms with van der Waals surface area (Å²) in [6.07, 6.45) is 3.08. The third-order valence-electron chi connectivity index (χ3n) is 4.41. The van der Waals surface area contributed by atoms with Crippen LogP contribution >= 0.6 is 0 Å². The Morgan fingerprint density at radius 1 is 0.759 bits per heavy atom. The van der Waals surface area contributed by atoms with E-state index in [0.29, 0.717) is 18.1 Å². The molecular formula is C24H20N4O. The van der Waals surface area contributed by atoms with Crippen molar-refractivity contribution in [2.75, 3.05) is 10.2 Å². The summed E-state index contributed by atoms with van der Waals surface area (Å²) in [6, 6.07) is 29.2. The molecule has 0 aliphatic carbocycles. The highest BCUT2D eigenvalue weighted by Crippen LogP contribution is 2.20. The molecule has 4 rings (SSSR count). The van der Waals surface area contributed by atoms with Gasteiger partial charge in [-0.3, -0.25) is 4.79 Å². The summed E-state index contributed by atoms with van der Waals surface area (Å²) in [5, 5.41) is 3.17. The molecule has 0 spiro atoms. The van der Waals surface area contributed by atoms with Gasteiger partial charge in [-0.25, -0.2) is 9.97 Å². The van der Waals surface area contributed by atoms with Gasteiger partial charge in [0, 0.05) is 11.4 Å². The Labute approximate surface area is 169 Å². The summed E-state index contributed by atoms with van der Waals surface area (Å²) in [4.78, 5) is 23.6. The van der Waals surface area contributed by atoms with E-state index in [4.69, 9.17) is 0 Å². The minimum absolute atomic E-state index is 0.196. The Morgan fingerprint density at radius 3 is 2.00 bits per heavy atom. The largest absolute Gasteiger partial charge is 0.339 e. The first-order chi connectivity index (χ1) is 14.3. The molecule has 5 heteroatoms. The van der Waals surface area contributed by atoms with Gasteiger partial charge in [0.15, 0.2) is 0 Å². The number of hydrogen-bond acceptors (Lipinski definition) is 4. The van der Waals surface area contributed by atoms with E-state index in [2.05, 4.69) is 15.3 Å². The van der Waals surface area contributed by atoms with Gasteiger partial charge in [-0.2, -0.15) is 0 Å². The number of amides is 1. The number of nitrogens with zero attached hydrogens (tertiary/aromatic N) is 3. The van der Waals surface area contributed by atoms with Crippen LogP contribution in [0.1, 0.15) is 16.1 Å². The molecule has 0 atom stereocenters. The maximum absolute atomic E-state index is 13.2. The minimum atomic E-state index is -0.196. The van der Waals surface area contributed by atoms with Gasteiger partial charge in [-0.1, -0.05) is 66.7 Å². The molecule has 1 N–H and O–H groups in total. The van der Waals surface area contributed by atoms with Crippen molar-refractivity contribution < 1.29 is 4.79 Å². The highest BCUT2D eigenvalue weighted by molar-refractivity contribution is 6.04. The van der Waals surface area contributed by atoms with E-state index in [1.54, 1.807) is 11.1 Å². The van der Waals surface area contributed by atoms with Crippen molar-refractivity contribution in [3.63, 3.8) is 0 Å². The zero-order valence-electron chi connectivity index (χ0n) is 15.8. The topological polar surface area (TPSA) is 58.1 Å². The summed E-state index contributed by atoms with van der Waals surface area (Å²) in [5.41, 5.74) is 3.06. The maximum Gasteiger partial charge on any atom is 0.278 e. The van der Waals surface area contributed by atoms with Crippen molar-refractivity contribution in [2.24, 2.45) is 0 Å². The molecule has 0 aliphatic rings. The Hall–Kier alpha value is -3.99. The molecule has 0 unspecified atom stereocenters. The maximum atomic E-state index is 13.2. The number of nitrogens with one attached hydrogen (secondary N) is 1. The fourth-order valence-corrected chi connectivity index (χ4v) is 2.96. The molecular weight excluding hydrogens is 360 g/mol. The summed E-state index contributed by atoms with van der Waals surface area (Å²) in [7, 11) is 0. The van der Waals surface area contributed by atoms with Crippen LogP contribution in [0.5, 0.6) is 0 Å². The Kier molecular flexibility index (Phi) is 5.58. The van der Waals surface area contributed by atoms with Gasteiger partial charge in [-0.05, 0) is 29.8 Å². The second kappa shape index (κ2) is 8.80. The van der Waals surface area contributed by atoms with Crippen LogP contribution in [0.25, 0.3) is 0 Å². The lowest BCUT2D eigenvalue weighted by molar-refractivity contribution is 0.0980. The fourth-order valence-electron chi connectivity index (χ4n) is 2.96. The first-order valence-electron chi connectivity index (χ1n) is 9.34. The smallest absolute Gasteiger partial charge is 0.278 e. The molecule has 142 valence electrons. The molecule has 0 saturated carbocycles. The number of carbonyl (C=O) groups is 1.